The SMILES string of the molecule is Cc1nc2c(ccc3nc(NC(=O)c4cccs4)oc32)s1. The third-order valence-electron chi connectivity index (χ3n) is 2.99. The van der Waals surface area contributed by atoms with Gasteiger partial charge in [0, 0.05) is 0 Å². The molecule has 0 saturated heterocycles. The van der Waals surface area contributed by atoms with Gasteiger partial charge >= 0.3 is 6.01 Å². The summed E-state index contributed by atoms with van der Waals surface area (Å²) in [5.74, 6) is -0.220. The Kier molecular flexibility index (Phi) is 2.76. The van der Waals surface area contributed by atoms with Gasteiger partial charge in [0.1, 0.15) is 11.0 Å². The fourth-order valence-electron chi connectivity index (χ4n) is 2.11. The van der Waals surface area contributed by atoms with Gasteiger partial charge in [-0.05, 0) is 30.5 Å². The summed E-state index contributed by atoms with van der Waals surface area (Å²) in [6.07, 6.45) is 0. The van der Waals surface area contributed by atoms with Gasteiger partial charge in [0.25, 0.3) is 5.91 Å². The first-order valence-electron chi connectivity index (χ1n) is 6.22. The minimum absolute atomic E-state index is 0.196. The molecule has 0 radical (unpaired) electrons. The average molecular weight is 315 g/mol. The smallest absolute Gasteiger partial charge is 0.302 e. The number of oxazole rings is 1. The quantitative estimate of drug-likeness (QED) is 0.605. The summed E-state index contributed by atoms with van der Waals surface area (Å²) in [6.45, 7) is 1.95. The number of carbonyl (C=O) groups is 1. The van der Waals surface area contributed by atoms with Crippen LogP contribution in [-0.2, 0) is 0 Å². The first-order valence-corrected chi connectivity index (χ1v) is 7.92. The van der Waals surface area contributed by atoms with Crippen LogP contribution in [0.25, 0.3) is 21.3 Å². The van der Waals surface area contributed by atoms with Crippen molar-refractivity contribution in [1.29, 1.82) is 0 Å². The lowest BCUT2D eigenvalue weighted by Gasteiger charge is -1.96. The van der Waals surface area contributed by atoms with Crippen LogP contribution >= 0.6 is 22.7 Å². The molecule has 4 aromatic rings. The van der Waals surface area contributed by atoms with E-state index in [-0.39, 0.29) is 11.9 Å². The van der Waals surface area contributed by atoms with Crippen molar-refractivity contribution >= 4 is 55.9 Å². The Bertz CT molecular complexity index is 953. The van der Waals surface area contributed by atoms with E-state index in [1.807, 2.05) is 30.5 Å². The van der Waals surface area contributed by atoms with Crippen LogP contribution in [0.1, 0.15) is 14.7 Å². The molecule has 1 N–H and O–H groups in total. The van der Waals surface area contributed by atoms with Crippen molar-refractivity contribution in [1.82, 2.24) is 9.97 Å². The molecule has 3 aromatic heterocycles. The minimum Gasteiger partial charge on any atom is -0.421 e. The van der Waals surface area contributed by atoms with Gasteiger partial charge in [0.05, 0.1) is 14.6 Å². The monoisotopic (exact) mass is 315 g/mol. The van der Waals surface area contributed by atoms with Gasteiger partial charge in [0.2, 0.25) is 0 Å². The van der Waals surface area contributed by atoms with Crippen molar-refractivity contribution in [3.63, 3.8) is 0 Å². The van der Waals surface area contributed by atoms with E-state index in [0.29, 0.717) is 16.0 Å². The van der Waals surface area contributed by atoms with E-state index in [1.165, 1.54) is 11.3 Å². The molecule has 104 valence electrons. The molecule has 4 rings (SSSR count). The third kappa shape index (κ3) is 2.10. The molecule has 21 heavy (non-hydrogen) atoms. The Balaban J connectivity index is 1.76. The maximum Gasteiger partial charge on any atom is 0.302 e. The van der Waals surface area contributed by atoms with Crippen LogP contribution in [0.4, 0.5) is 6.01 Å². The van der Waals surface area contributed by atoms with Gasteiger partial charge < -0.3 is 4.42 Å². The number of aromatic nitrogens is 2. The van der Waals surface area contributed by atoms with Crippen molar-refractivity contribution in [3.05, 3.63) is 39.5 Å². The van der Waals surface area contributed by atoms with Crippen molar-refractivity contribution in [2.24, 2.45) is 0 Å². The lowest BCUT2D eigenvalue weighted by molar-refractivity contribution is 0.102. The molecule has 0 atom stereocenters. The van der Waals surface area contributed by atoms with Gasteiger partial charge in [-0.1, -0.05) is 6.07 Å². The third-order valence-corrected chi connectivity index (χ3v) is 4.79. The van der Waals surface area contributed by atoms with Crippen molar-refractivity contribution in [2.45, 2.75) is 6.92 Å². The molecule has 0 aliphatic heterocycles. The fourth-order valence-corrected chi connectivity index (χ4v) is 3.55. The lowest BCUT2D eigenvalue weighted by Crippen LogP contribution is -2.10. The number of thiazole rings is 1. The van der Waals surface area contributed by atoms with Crippen LogP contribution in [0.15, 0.2) is 34.1 Å². The number of nitrogens with one attached hydrogen (secondary N) is 1. The highest BCUT2D eigenvalue weighted by Crippen LogP contribution is 2.30. The van der Waals surface area contributed by atoms with Crippen LogP contribution in [0.5, 0.6) is 0 Å². The van der Waals surface area contributed by atoms with Gasteiger partial charge in [0.15, 0.2) is 5.58 Å². The van der Waals surface area contributed by atoms with E-state index < -0.39 is 0 Å². The molecule has 0 saturated carbocycles. The molecule has 0 spiro atoms. The minimum atomic E-state index is -0.220. The number of hydrogen-bond acceptors (Lipinski definition) is 6. The number of nitrogens with zero attached hydrogens (tertiary/aromatic N) is 2. The zero-order valence-corrected chi connectivity index (χ0v) is 12.5. The molecule has 7 heteroatoms. The summed E-state index contributed by atoms with van der Waals surface area (Å²) in [4.78, 5) is 21.4. The molecule has 3 heterocycles. The zero-order chi connectivity index (χ0) is 14.4. The summed E-state index contributed by atoms with van der Waals surface area (Å²) in [6, 6.07) is 7.62. The summed E-state index contributed by atoms with van der Waals surface area (Å²) < 4.78 is 6.72. The molecular formula is C14H9N3O2S2. The second-order valence-electron chi connectivity index (χ2n) is 4.44. The number of aryl methyl sites for hydroxylation is 1. The molecule has 0 fully saturated rings. The van der Waals surface area contributed by atoms with Crippen LogP contribution in [0.3, 0.4) is 0 Å². The van der Waals surface area contributed by atoms with E-state index in [2.05, 4.69) is 15.3 Å². The Hall–Kier alpha value is -2.25. The number of amides is 1. The number of rotatable bonds is 2. The fraction of sp³-hybridized carbons (Fsp3) is 0.0714. The largest absolute Gasteiger partial charge is 0.421 e. The van der Waals surface area contributed by atoms with Gasteiger partial charge in [-0.3, -0.25) is 10.1 Å². The number of fused-ring (bicyclic) bond motifs is 3. The molecule has 1 amide bonds. The molecular weight excluding hydrogens is 306 g/mol. The second kappa shape index (κ2) is 4.64. The van der Waals surface area contributed by atoms with Crippen LogP contribution in [0, 0.1) is 6.92 Å². The predicted octanol–water partition coefficient (Wildman–Crippen LogP) is 4.06. The number of hydrogen-bond donors (Lipinski definition) is 1. The number of benzene rings is 1. The molecule has 0 unspecified atom stereocenters. The van der Waals surface area contributed by atoms with Crippen LogP contribution < -0.4 is 5.32 Å². The predicted molar refractivity (Wildman–Crippen MR) is 84.2 cm³/mol. The lowest BCUT2D eigenvalue weighted by atomic mass is 10.3. The molecule has 0 aliphatic carbocycles. The van der Waals surface area contributed by atoms with Gasteiger partial charge in [-0.2, -0.15) is 4.98 Å². The highest BCUT2D eigenvalue weighted by Gasteiger charge is 2.15. The number of carbonyl (C=O) groups excluding carboxylic acids is 1. The Labute approximate surface area is 127 Å². The molecule has 5 nitrogen and oxygen atoms in total. The van der Waals surface area contributed by atoms with Gasteiger partial charge in [-0.25, -0.2) is 4.98 Å². The van der Waals surface area contributed by atoms with Gasteiger partial charge in [-0.15, -0.1) is 22.7 Å². The summed E-state index contributed by atoms with van der Waals surface area (Å²) >= 11 is 2.97. The topological polar surface area (TPSA) is 68.0 Å². The molecule has 0 bridgehead atoms. The maximum absolute atomic E-state index is 12.0. The van der Waals surface area contributed by atoms with Crippen molar-refractivity contribution < 1.29 is 9.21 Å². The second-order valence-corrected chi connectivity index (χ2v) is 6.63. The Morgan fingerprint density at radius 3 is 3.00 bits per heavy atom. The standard InChI is InChI=1S/C14H9N3O2S2/c1-7-15-11-9(21-7)5-4-8-12(11)19-14(16-8)17-13(18)10-3-2-6-20-10/h2-6H,1H3,(H,16,17,18). The highest BCUT2D eigenvalue weighted by molar-refractivity contribution is 7.18. The Morgan fingerprint density at radius 1 is 1.29 bits per heavy atom. The number of thiophene rings is 1. The maximum atomic E-state index is 12.0. The number of anilines is 1. The van der Waals surface area contributed by atoms with Crippen molar-refractivity contribution in [2.75, 3.05) is 5.32 Å². The summed E-state index contributed by atoms with van der Waals surface area (Å²) in [7, 11) is 0. The zero-order valence-electron chi connectivity index (χ0n) is 10.9. The summed E-state index contributed by atoms with van der Waals surface area (Å²) in [5.41, 5.74) is 2.09. The van der Waals surface area contributed by atoms with E-state index in [9.17, 15) is 4.79 Å². The molecule has 1 aromatic carbocycles. The Morgan fingerprint density at radius 2 is 2.19 bits per heavy atom. The first-order chi connectivity index (χ1) is 10.2. The highest BCUT2D eigenvalue weighted by atomic mass is 32.1. The normalized spacial score (nSPS) is 11.3. The summed E-state index contributed by atoms with van der Waals surface area (Å²) in [5, 5.41) is 5.49. The van der Waals surface area contributed by atoms with Crippen LogP contribution in [0.2, 0.25) is 0 Å². The van der Waals surface area contributed by atoms with E-state index >= 15 is 0 Å². The van der Waals surface area contributed by atoms with Crippen LogP contribution in [-0.4, -0.2) is 15.9 Å². The molecule has 0 aliphatic rings. The van der Waals surface area contributed by atoms with Crippen molar-refractivity contribution in [3.8, 4) is 0 Å². The first kappa shape index (κ1) is 12.5. The average Bonchev–Trinajstić information content (AvgIpc) is 3.14. The van der Waals surface area contributed by atoms with E-state index in [0.717, 1.165) is 15.2 Å². The van der Waals surface area contributed by atoms with E-state index in [4.69, 9.17) is 4.42 Å². The van der Waals surface area contributed by atoms with E-state index in [1.54, 1.807) is 17.4 Å².